The fourth-order valence-electron chi connectivity index (χ4n) is 2.19. The summed E-state index contributed by atoms with van der Waals surface area (Å²) in [7, 11) is 1.92. The predicted octanol–water partition coefficient (Wildman–Crippen LogP) is 5.19. The molecule has 0 aliphatic carbocycles. The first-order chi connectivity index (χ1) is 10.2. The van der Waals surface area contributed by atoms with Gasteiger partial charge in [0.25, 0.3) is 0 Å². The van der Waals surface area contributed by atoms with Gasteiger partial charge in [0.2, 0.25) is 0 Å². The Morgan fingerprint density at radius 1 is 1.10 bits per heavy atom. The molecule has 0 aromatic heterocycles. The summed E-state index contributed by atoms with van der Waals surface area (Å²) in [6.07, 6.45) is 3.56. The van der Waals surface area contributed by atoms with E-state index in [1.807, 2.05) is 37.4 Å². The third-order valence-electron chi connectivity index (χ3n) is 3.37. The van der Waals surface area contributed by atoms with Gasteiger partial charge in [-0.25, -0.2) is 0 Å². The number of unbranched alkanes of at least 4 members (excludes halogenated alkanes) is 1. The molecule has 0 saturated carbocycles. The van der Waals surface area contributed by atoms with Gasteiger partial charge in [-0.2, -0.15) is 0 Å². The van der Waals surface area contributed by atoms with Crippen LogP contribution in [0.25, 0.3) is 0 Å². The first kappa shape index (κ1) is 15.9. The number of nitrogens with one attached hydrogen (secondary N) is 1. The van der Waals surface area contributed by atoms with E-state index in [1.54, 1.807) is 0 Å². The highest BCUT2D eigenvalue weighted by Gasteiger charge is 2.06. The molecular formula is C18H22ClNO. The molecule has 2 rings (SSSR count). The van der Waals surface area contributed by atoms with Gasteiger partial charge in [-0.15, -0.1) is 0 Å². The van der Waals surface area contributed by atoms with E-state index in [2.05, 4.69) is 24.4 Å². The van der Waals surface area contributed by atoms with Crippen LogP contribution in [-0.4, -0.2) is 7.05 Å². The van der Waals surface area contributed by atoms with Crippen LogP contribution in [0.1, 0.15) is 30.9 Å². The van der Waals surface area contributed by atoms with Crippen LogP contribution in [0.3, 0.4) is 0 Å². The highest BCUT2D eigenvalue weighted by molar-refractivity contribution is 6.30. The van der Waals surface area contributed by atoms with Gasteiger partial charge in [0.05, 0.1) is 0 Å². The van der Waals surface area contributed by atoms with Crippen molar-refractivity contribution in [2.75, 3.05) is 7.05 Å². The Balaban J connectivity index is 2.12. The maximum atomic E-state index is 6.07. The molecule has 0 aliphatic heterocycles. The van der Waals surface area contributed by atoms with Crippen LogP contribution in [0.5, 0.6) is 11.5 Å². The summed E-state index contributed by atoms with van der Waals surface area (Å²) in [5.41, 5.74) is 2.45. The summed E-state index contributed by atoms with van der Waals surface area (Å²) in [5, 5.41) is 3.82. The monoisotopic (exact) mass is 303 g/mol. The lowest BCUT2D eigenvalue weighted by molar-refractivity contribution is 0.474. The van der Waals surface area contributed by atoms with Gasteiger partial charge in [0.1, 0.15) is 11.5 Å². The van der Waals surface area contributed by atoms with Crippen LogP contribution < -0.4 is 10.1 Å². The van der Waals surface area contributed by atoms with Gasteiger partial charge in [-0.1, -0.05) is 43.1 Å². The molecule has 0 heterocycles. The molecule has 0 fully saturated rings. The first-order valence-corrected chi connectivity index (χ1v) is 7.80. The first-order valence-electron chi connectivity index (χ1n) is 7.42. The van der Waals surface area contributed by atoms with Crippen LogP contribution in [0.4, 0.5) is 0 Å². The number of rotatable bonds is 7. The average Bonchev–Trinajstić information content (AvgIpc) is 2.49. The van der Waals surface area contributed by atoms with Crippen molar-refractivity contribution in [3.63, 3.8) is 0 Å². The number of halogens is 1. The third-order valence-corrected chi connectivity index (χ3v) is 3.60. The van der Waals surface area contributed by atoms with Crippen molar-refractivity contribution in [1.29, 1.82) is 0 Å². The Hall–Kier alpha value is -1.51. The maximum Gasteiger partial charge on any atom is 0.133 e. The van der Waals surface area contributed by atoms with Crippen molar-refractivity contribution in [3.8, 4) is 11.5 Å². The fraction of sp³-hybridized carbons (Fsp3) is 0.333. The second kappa shape index (κ2) is 8.06. The molecular weight excluding hydrogens is 282 g/mol. The molecule has 2 nitrogen and oxygen atoms in total. The zero-order valence-corrected chi connectivity index (χ0v) is 13.4. The van der Waals surface area contributed by atoms with Crippen molar-refractivity contribution in [1.82, 2.24) is 5.32 Å². The SMILES string of the molecule is CCCCc1ccc(Oc2cc(Cl)ccc2CNC)cc1. The predicted molar refractivity (Wildman–Crippen MR) is 89.3 cm³/mol. The molecule has 2 aromatic rings. The van der Waals surface area contributed by atoms with Gasteiger partial charge in [-0.05, 0) is 49.7 Å². The molecule has 0 amide bonds. The Morgan fingerprint density at radius 2 is 1.86 bits per heavy atom. The van der Waals surface area contributed by atoms with Crippen molar-refractivity contribution in [2.24, 2.45) is 0 Å². The van der Waals surface area contributed by atoms with Crippen LogP contribution in [0, 0.1) is 0 Å². The standard InChI is InChI=1S/C18H22ClNO/c1-3-4-5-14-6-10-17(11-7-14)21-18-12-16(19)9-8-15(18)13-20-2/h6-12,20H,3-5,13H2,1-2H3. The van der Waals surface area contributed by atoms with E-state index in [-0.39, 0.29) is 0 Å². The van der Waals surface area contributed by atoms with E-state index in [9.17, 15) is 0 Å². The number of hydrogen-bond acceptors (Lipinski definition) is 2. The quantitative estimate of drug-likeness (QED) is 0.759. The van der Waals surface area contributed by atoms with Gasteiger partial charge in [-0.3, -0.25) is 0 Å². The molecule has 112 valence electrons. The van der Waals surface area contributed by atoms with Crippen LogP contribution >= 0.6 is 11.6 Å². The Kier molecular flexibility index (Phi) is 6.09. The summed E-state index contributed by atoms with van der Waals surface area (Å²) in [4.78, 5) is 0. The van der Waals surface area contributed by atoms with E-state index in [0.717, 1.165) is 30.0 Å². The Labute approximate surface area is 132 Å². The number of ether oxygens (including phenoxy) is 1. The minimum absolute atomic E-state index is 0.685. The summed E-state index contributed by atoms with van der Waals surface area (Å²) in [5.74, 6) is 1.65. The highest BCUT2D eigenvalue weighted by atomic mass is 35.5. The third kappa shape index (κ3) is 4.76. The van der Waals surface area contributed by atoms with Gasteiger partial charge >= 0.3 is 0 Å². The molecule has 2 aromatic carbocycles. The Bertz CT molecular complexity index is 566. The lowest BCUT2D eigenvalue weighted by Gasteiger charge is -2.12. The second-order valence-corrected chi connectivity index (χ2v) is 5.57. The van der Waals surface area contributed by atoms with Gasteiger partial charge in [0, 0.05) is 17.1 Å². The smallest absolute Gasteiger partial charge is 0.133 e. The summed E-state index contributed by atoms with van der Waals surface area (Å²) in [6.45, 7) is 2.96. The highest BCUT2D eigenvalue weighted by Crippen LogP contribution is 2.28. The molecule has 0 atom stereocenters. The molecule has 0 unspecified atom stereocenters. The van der Waals surface area contributed by atoms with Crippen molar-refractivity contribution in [2.45, 2.75) is 32.7 Å². The number of aryl methyl sites for hydroxylation is 1. The summed E-state index contributed by atoms with van der Waals surface area (Å²) in [6, 6.07) is 14.0. The maximum absolute atomic E-state index is 6.07. The van der Waals surface area contributed by atoms with Gasteiger partial charge < -0.3 is 10.1 Å². The van der Waals surface area contributed by atoms with Crippen LogP contribution in [-0.2, 0) is 13.0 Å². The molecule has 3 heteroatoms. The molecule has 0 spiro atoms. The minimum atomic E-state index is 0.685. The summed E-state index contributed by atoms with van der Waals surface area (Å²) < 4.78 is 5.98. The Morgan fingerprint density at radius 3 is 2.52 bits per heavy atom. The van der Waals surface area contributed by atoms with Crippen molar-refractivity contribution < 1.29 is 4.74 Å². The lowest BCUT2D eigenvalue weighted by atomic mass is 10.1. The summed E-state index contributed by atoms with van der Waals surface area (Å²) >= 11 is 6.07. The van der Waals surface area contributed by atoms with Crippen molar-refractivity contribution in [3.05, 3.63) is 58.6 Å². The lowest BCUT2D eigenvalue weighted by Crippen LogP contribution is -2.06. The number of hydrogen-bond donors (Lipinski definition) is 1. The van der Waals surface area contributed by atoms with E-state index >= 15 is 0 Å². The van der Waals surface area contributed by atoms with E-state index < -0.39 is 0 Å². The molecule has 21 heavy (non-hydrogen) atoms. The zero-order chi connectivity index (χ0) is 15.1. The van der Waals surface area contributed by atoms with Crippen molar-refractivity contribution >= 4 is 11.6 Å². The van der Waals surface area contributed by atoms with E-state index in [1.165, 1.54) is 18.4 Å². The largest absolute Gasteiger partial charge is 0.457 e. The fourth-order valence-corrected chi connectivity index (χ4v) is 2.35. The normalized spacial score (nSPS) is 10.6. The van der Waals surface area contributed by atoms with Crippen LogP contribution in [0.15, 0.2) is 42.5 Å². The molecule has 0 bridgehead atoms. The second-order valence-electron chi connectivity index (χ2n) is 5.13. The zero-order valence-electron chi connectivity index (χ0n) is 12.7. The number of benzene rings is 2. The van der Waals surface area contributed by atoms with E-state index in [0.29, 0.717) is 5.02 Å². The molecule has 1 N–H and O–H groups in total. The van der Waals surface area contributed by atoms with Crippen LogP contribution in [0.2, 0.25) is 5.02 Å². The minimum Gasteiger partial charge on any atom is -0.457 e. The van der Waals surface area contributed by atoms with E-state index in [4.69, 9.17) is 16.3 Å². The molecule has 0 radical (unpaired) electrons. The topological polar surface area (TPSA) is 21.3 Å². The molecule has 0 saturated heterocycles. The van der Waals surface area contributed by atoms with Gasteiger partial charge in [0.15, 0.2) is 0 Å². The molecule has 0 aliphatic rings. The average molecular weight is 304 g/mol.